The number of thiazole rings is 1. The first-order valence-corrected chi connectivity index (χ1v) is 6.50. The molecule has 1 saturated heterocycles. The largest absolute Gasteiger partial charge is 0.399 e. The number of imide groups is 1. The highest BCUT2D eigenvalue weighted by Gasteiger charge is 2.60. The van der Waals surface area contributed by atoms with Crippen LogP contribution in [0.2, 0.25) is 0 Å². The van der Waals surface area contributed by atoms with E-state index in [0.29, 0.717) is 17.2 Å². The fourth-order valence-electron chi connectivity index (χ4n) is 2.39. The molecule has 18 heavy (non-hydrogen) atoms. The van der Waals surface area contributed by atoms with Gasteiger partial charge in [-0.1, -0.05) is 11.3 Å². The molecule has 4 rings (SSSR count). The van der Waals surface area contributed by atoms with Gasteiger partial charge in [0.05, 0.1) is 22.1 Å². The summed E-state index contributed by atoms with van der Waals surface area (Å²) in [6.07, 6.45) is 0.714. The number of nitrogens with two attached hydrogens (primary N) is 1. The summed E-state index contributed by atoms with van der Waals surface area (Å²) in [7, 11) is 0. The standard InChI is InChI=1S/C12H9N3O2S/c13-5-1-2-8-9(3-5)18-12(14-8)15-10(16)6-4-7(6)11(15)17/h1-3,6-7H,4,13H2. The van der Waals surface area contributed by atoms with Crippen LogP contribution in [-0.2, 0) is 9.59 Å². The second-order valence-electron chi connectivity index (χ2n) is 4.68. The predicted octanol–water partition coefficient (Wildman–Crippen LogP) is 1.39. The molecule has 2 aliphatic rings. The second-order valence-corrected chi connectivity index (χ2v) is 5.69. The van der Waals surface area contributed by atoms with E-state index in [4.69, 9.17) is 5.73 Å². The molecule has 2 N–H and O–H groups in total. The van der Waals surface area contributed by atoms with E-state index in [2.05, 4.69) is 4.98 Å². The highest BCUT2D eigenvalue weighted by molar-refractivity contribution is 7.22. The van der Waals surface area contributed by atoms with Crippen LogP contribution < -0.4 is 10.6 Å². The van der Waals surface area contributed by atoms with Crippen molar-refractivity contribution in [2.45, 2.75) is 6.42 Å². The van der Waals surface area contributed by atoms with Crippen molar-refractivity contribution in [1.82, 2.24) is 4.98 Å². The highest BCUT2D eigenvalue weighted by atomic mass is 32.1. The van der Waals surface area contributed by atoms with Crippen molar-refractivity contribution in [2.75, 3.05) is 10.6 Å². The third-order valence-electron chi connectivity index (χ3n) is 3.46. The lowest BCUT2D eigenvalue weighted by molar-refractivity contribution is -0.123. The third kappa shape index (κ3) is 1.18. The zero-order valence-corrected chi connectivity index (χ0v) is 10.1. The minimum absolute atomic E-state index is 0.0884. The van der Waals surface area contributed by atoms with Crippen molar-refractivity contribution in [3.05, 3.63) is 18.2 Å². The molecule has 1 aliphatic heterocycles. The van der Waals surface area contributed by atoms with Crippen LogP contribution in [0.1, 0.15) is 6.42 Å². The molecule has 1 aromatic heterocycles. The summed E-state index contributed by atoms with van der Waals surface area (Å²) in [5.74, 6) is -0.377. The number of carbonyl (C=O) groups excluding carboxylic acids is 2. The average Bonchev–Trinajstić information content (AvgIpc) is 2.97. The van der Waals surface area contributed by atoms with E-state index in [9.17, 15) is 9.59 Å². The van der Waals surface area contributed by atoms with E-state index in [1.165, 1.54) is 16.2 Å². The number of aromatic nitrogens is 1. The Hall–Kier alpha value is -1.95. The van der Waals surface area contributed by atoms with E-state index in [1.54, 1.807) is 12.1 Å². The summed E-state index contributed by atoms with van der Waals surface area (Å²) in [5, 5.41) is 0.470. The topological polar surface area (TPSA) is 76.3 Å². The van der Waals surface area contributed by atoms with Crippen molar-refractivity contribution >= 4 is 44.2 Å². The maximum Gasteiger partial charge on any atom is 0.239 e. The number of carbonyl (C=O) groups is 2. The third-order valence-corrected chi connectivity index (χ3v) is 4.46. The minimum Gasteiger partial charge on any atom is -0.399 e. The lowest BCUT2D eigenvalue weighted by atomic mass is 10.3. The van der Waals surface area contributed by atoms with E-state index in [0.717, 1.165) is 10.2 Å². The number of benzene rings is 1. The molecule has 0 spiro atoms. The molecule has 1 saturated carbocycles. The predicted molar refractivity (Wildman–Crippen MR) is 68.1 cm³/mol. The van der Waals surface area contributed by atoms with Crippen LogP contribution in [0.4, 0.5) is 10.8 Å². The zero-order valence-electron chi connectivity index (χ0n) is 9.29. The Labute approximate surface area is 106 Å². The molecule has 5 nitrogen and oxygen atoms in total. The molecule has 0 bridgehead atoms. The fourth-order valence-corrected chi connectivity index (χ4v) is 3.42. The van der Waals surface area contributed by atoms with Gasteiger partial charge in [0.25, 0.3) is 0 Å². The maximum atomic E-state index is 11.9. The Balaban J connectivity index is 1.83. The Kier molecular flexibility index (Phi) is 1.71. The zero-order chi connectivity index (χ0) is 12.4. The lowest BCUT2D eigenvalue weighted by Gasteiger charge is -2.11. The summed E-state index contributed by atoms with van der Waals surface area (Å²) in [6, 6.07) is 5.37. The van der Waals surface area contributed by atoms with Crippen LogP contribution in [0.3, 0.4) is 0 Å². The smallest absolute Gasteiger partial charge is 0.239 e. The highest BCUT2D eigenvalue weighted by Crippen LogP contribution is 2.49. The molecule has 1 aliphatic carbocycles. The molecule has 6 heteroatoms. The van der Waals surface area contributed by atoms with Crippen LogP contribution in [-0.4, -0.2) is 16.8 Å². The maximum absolute atomic E-state index is 11.9. The molecule has 2 heterocycles. The number of hydrogen-bond acceptors (Lipinski definition) is 5. The quantitative estimate of drug-likeness (QED) is 0.620. The van der Waals surface area contributed by atoms with Gasteiger partial charge >= 0.3 is 0 Å². The van der Waals surface area contributed by atoms with Crippen LogP contribution in [0, 0.1) is 11.8 Å². The van der Waals surface area contributed by atoms with E-state index in [1.807, 2.05) is 6.07 Å². The first-order chi connectivity index (χ1) is 8.65. The molecule has 2 aromatic rings. The van der Waals surface area contributed by atoms with Crippen LogP contribution in [0.15, 0.2) is 18.2 Å². The molecule has 2 amide bonds. The van der Waals surface area contributed by atoms with E-state index < -0.39 is 0 Å². The van der Waals surface area contributed by atoms with Crippen molar-refractivity contribution < 1.29 is 9.59 Å². The summed E-state index contributed by atoms with van der Waals surface area (Å²) in [6.45, 7) is 0. The number of nitrogens with zero attached hydrogens (tertiary/aromatic N) is 2. The van der Waals surface area contributed by atoms with Gasteiger partial charge in [-0.05, 0) is 24.6 Å². The molecule has 2 unspecified atom stereocenters. The van der Waals surface area contributed by atoms with Gasteiger partial charge in [0, 0.05) is 5.69 Å². The summed E-state index contributed by atoms with van der Waals surface area (Å²) >= 11 is 1.33. The van der Waals surface area contributed by atoms with Crippen molar-refractivity contribution in [1.29, 1.82) is 0 Å². The van der Waals surface area contributed by atoms with Crippen molar-refractivity contribution in [3.8, 4) is 0 Å². The average molecular weight is 259 g/mol. The van der Waals surface area contributed by atoms with Gasteiger partial charge in [0.2, 0.25) is 11.8 Å². The van der Waals surface area contributed by atoms with Gasteiger partial charge in [-0.3, -0.25) is 9.59 Å². The Morgan fingerprint density at radius 3 is 2.72 bits per heavy atom. The Morgan fingerprint density at radius 2 is 2.00 bits per heavy atom. The molecule has 90 valence electrons. The molecular formula is C12H9N3O2S. The van der Waals surface area contributed by atoms with Gasteiger partial charge in [-0.25, -0.2) is 9.88 Å². The van der Waals surface area contributed by atoms with Gasteiger partial charge in [-0.2, -0.15) is 0 Å². The molecule has 2 fully saturated rings. The number of fused-ring (bicyclic) bond motifs is 2. The van der Waals surface area contributed by atoms with Gasteiger partial charge in [0.15, 0.2) is 5.13 Å². The van der Waals surface area contributed by atoms with Crippen molar-refractivity contribution in [3.63, 3.8) is 0 Å². The number of anilines is 2. The number of nitrogen functional groups attached to an aromatic ring is 1. The molecule has 0 radical (unpaired) electrons. The van der Waals surface area contributed by atoms with Crippen LogP contribution >= 0.6 is 11.3 Å². The summed E-state index contributed by atoms with van der Waals surface area (Å²) in [4.78, 5) is 29.5. The van der Waals surface area contributed by atoms with Crippen molar-refractivity contribution in [2.24, 2.45) is 11.8 Å². The first kappa shape index (κ1) is 10.0. The Morgan fingerprint density at radius 1 is 1.28 bits per heavy atom. The van der Waals surface area contributed by atoms with E-state index >= 15 is 0 Å². The fraction of sp³-hybridized carbons (Fsp3) is 0.250. The van der Waals surface area contributed by atoms with Gasteiger partial charge in [-0.15, -0.1) is 0 Å². The number of piperidine rings is 1. The molecule has 1 aromatic carbocycles. The minimum atomic E-state index is -0.1000. The Bertz CT molecular complexity index is 688. The first-order valence-electron chi connectivity index (χ1n) is 5.69. The summed E-state index contributed by atoms with van der Waals surface area (Å²) < 4.78 is 0.895. The van der Waals surface area contributed by atoms with Crippen LogP contribution in [0.5, 0.6) is 0 Å². The number of hydrogen-bond donors (Lipinski definition) is 1. The summed E-state index contributed by atoms with van der Waals surface area (Å²) in [5.41, 5.74) is 7.12. The SMILES string of the molecule is Nc1ccc2nc(N3C(=O)C4CC4C3=O)sc2c1. The molecule has 2 atom stereocenters. The van der Waals surface area contributed by atoms with Gasteiger partial charge in [0.1, 0.15) is 0 Å². The number of amides is 2. The normalized spacial score (nSPS) is 25.9. The monoisotopic (exact) mass is 259 g/mol. The van der Waals surface area contributed by atoms with Crippen LogP contribution in [0.25, 0.3) is 10.2 Å². The van der Waals surface area contributed by atoms with E-state index in [-0.39, 0.29) is 23.7 Å². The number of rotatable bonds is 1. The second kappa shape index (κ2) is 3.08. The van der Waals surface area contributed by atoms with Gasteiger partial charge < -0.3 is 5.73 Å². The lowest BCUT2D eigenvalue weighted by Crippen LogP contribution is -2.32. The molecular weight excluding hydrogens is 250 g/mol.